The molecule has 22 heavy (non-hydrogen) atoms. The van der Waals surface area contributed by atoms with Gasteiger partial charge >= 0.3 is 0 Å². The Morgan fingerprint density at radius 1 is 1.45 bits per heavy atom. The first kappa shape index (κ1) is 16.5. The SMILES string of the molecule is CC(=O)Nc1cccc(C(C)NC(=O)CC2CNCCO2)c1. The molecule has 0 aromatic heterocycles. The third-order valence-corrected chi connectivity index (χ3v) is 3.50. The van der Waals surface area contributed by atoms with E-state index in [0.717, 1.165) is 17.8 Å². The van der Waals surface area contributed by atoms with E-state index in [1.54, 1.807) is 0 Å². The van der Waals surface area contributed by atoms with Crippen LogP contribution in [0.1, 0.15) is 31.9 Å². The molecule has 0 aliphatic carbocycles. The van der Waals surface area contributed by atoms with Gasteiger partial charge in [0.1, 0.15) is 0 Å². The smallest absolute Gasteiger partial charge is 0.223 e. The number of carbonyl (C=O) groups is 2. The van der Waals surface area contributed by atoms with Crippen molar-refractivity contribution < 1.29 is 14.3 Å². The van der Waals surface area contributed by atoms with Gasteiger partial charge in [0.15, 0.2) is 0 Å². The van der Waals surface area contributed by atoms with Crippen molar-refractivity contribution in [3.63, 3.8) is 0 Å². The fourth-order valence-corrected chi connectivity index (χ4v) is 2.43. The van der Waals surface area contributed by atoms with E-state index < -0.39 is 0 Å². The number of rotatable bonds is 5. The Morgan fingerprint density at radius 2 is 2.27 bits per heavy atom. The van der Waals surface area contributed by atoms with Crippen molar-refractivity contribution in [1.29, 1.82) is 0 Å². The van der Waals surface area contributed by atoms with Crippen LogP contribution in [0, 0.1) is 0 Å². The topological polar surface area (TPSA) is 79.5 Å². The molecule has 6 heteroatoms. The number of amides is 2. The number of morpholine rings is 1. The highest BCUT2D eigenvalue weighted by atomic mass is 16.5. The van der Waals surface area contributed by atoms with Crippen LogP contribution in [0.5, 0.6) is 0 Å². The van der Waals surface area contributed by atoms with E-state index in [4.69, 9.17) is 4.74 Å². The number of carbonyl (C=O) groups excluding carboxylic acids is 2. The average Bonchev–Trinajstić information content (AvgIpc) is 2.47. The highest BCUT2D eigenvalue weighted by Crippen LogP contribution is 2.17. The predicted molar refractivity (Wildman–Crippen MR) is 84.5 cm³/mol. The van der Waals surface area contributed by atoms with Crippen molar-refractivity contribution in [2.45, 2.75) is 32.4 Å². The lowest BCUT2D eigenvalue weighted by Crippen LogP contribution is -2.41. The van der Waals surface area contributed by atoms with Crippen molar-refractivity contribution in [3.05, 3.63) is 29.8 Å². The highest BCUT2D eigenvalue weighted by Gasteiger charge is 2.18. The number of ether oxygens (including phenoxy) is 1. The highest BCUT2D eigenvalue weighted by molar-refractivity contribution is 5.88. The van der Waals surface area contributed by atoms with Gasteiger partial charge in [-0.2, -0.15) is 0 Å². The molecule has 1 saturated heterocycles. The van der Waals surface area contributed by atoms with Crippen molar-refractivity contribution in [2.75, 3.05) is 25.0 Å². The molecule has 120 valence electrons. The molecule has 0 bridgehead atoms. The average molecular weight is 305 g/mol. The van der Waals surface area contributed by atoms with Crippen LogP contribution >= 0.6 is 0 Å². The predicted octanol–water partition coefficient (Wildman–Crippen LogP) is 1.20. The maximum absolute atomic E-state index is 12.1. The summed E-state index contributed by atoms with van der Waals surface area (Å²) in [6.45, 7) is 5.58. The number of hydrogen-bond acceptors (Lipinski definition) is 4. The maximum atomic E-state index is 12.1. The van der Waals surface area contributed by atoms with Gasteiger partial charge in [-0.15, -0.1) is 0 Å². The summed E-state index contributed by atoms with van der Waals surface area (Å²) in [6.07, 6.45) is 0.287. The summed E-state index contributed by atoms with van der Waals surface area (Å²) < 4.78 is 5.53. The summed E-state index contributed by atoms with van der Waals surface area (Å²) in [4.78, 5) is 23.2. The Labute approximate surface area is 130 Å². The molecule has 6 nitrogen and oxygen atoms in total. The summed E-state index contributed by atoms with van der Waals surface area (Å²) in [5.41, 5.74) is 1.67. The number of nitrogens with one attached hydrogen (secondary N) is 3. The minimum Gasteiger partial charge on any atom is -0.375 e. The zero-order valence-corrected chi connectivity index (χ0v) is 13.0. The van der Waals surface area contributed by atoms with E-state index in [9.17, 15) is 9.59 Å². The molecule has 1 aromatic carbocycles. The molecular weight excluding hydrogens is 282 g/mol. The third kappa shape index (κ3) is 5.13. The van der Waals surface area contributed by atoms with Gasteiger partial charge in [-0.25, -0.2) is 0 Å². The first-order valence-corrected chi connectivity index (χ1v) is 7.54. The van der Waals surface area contributed by atoms with Gasteiger partial charge in [0.25, 0.3) is 0 Å². The van der Waals surface area contributed by atoms with Crippen LogP contribution in [0.3, 0.4) is 0 Å². The Hall–Kier alpha value is -1.92. The number of hydrogen-bond donors (Lipinski definition) is 3. The third-order valence-electron chi connectivity index (χ3n) is 3.50. The summed E-state index contributed by atoms with van der Waals surface area (Å²) in [5.74, 6) is -0.151. The fourth-order valence-electron chi connectivity index (χ4n) is 2.43. The van der Waals surface area contributed by atoms with Crippen LogP contribution < -0.4 is 16.0 Å². The van der Waals surface area contributed by atoms with Crippen LogP contribution in [0.2, 0.25) is 0 Å². The summed E-state index contributed by atoms with van der Waals surface area (Å²) in [7, 11) is 0. The van der Waals surface area contributed by atoms with Crippen molar-refractivity contribution in [1.82, 2.24) is 10.6 Å². The molecule has 0 saturated carbocycles. The first-order chi connectivity index (χ1) is 10.5. The molecule has 1 aromatic rings. The monoisotopic (exact) mass is 305 g/mol. The minimum atomic E-state index is -0.127. The van der Waals surface area contributed by atoms with Crippen LogP contribution in [0.15, 0.2) is 24.3 Å². The van der Waals surface area contributed by atoms with Gasteiger partial charge in [-0.3, -0.25) is 9.59 Å². The van der Waals surface area contributed by atoms with E-state index >= 15 is 0 Å². The van der Waals surface area contributed by atoms with Crippen molar-refractivity contribution in [3.8, 4) is 0 Å². The van der Waals surface area contributed by atoms with Crippen molar-refractivity contribution >= 4 is 17.5 Å². The van der Waals surface area contributed by atoms with E-state index in [1.807, 2.05) is 31.2 Å². The van der Waals surface area contributed by atoms with E-state index in [1.165, 1.54) is 6.92 Å². The molecule has 0 spiro atoms. The molecule has 1 fully saturated rings. The molecule has 2 atom stereocenters. The first-order valence-electron chi connectivity index (χ1n) is 7.54. The molecule has 1 aliphatic rings. The number of benzene rings is 1. The van der Waals surface area contributed by atoms with E-state index in [2.05, 4.69) is 16.0 Å². The minimum absolute atomic E-state index is 0.0360. The zero-order chi connectivity index (χ0) is 15.9. The molecule has 2 amide bonds. The molecule has 2 rings (SSSR count). The Morgan fingerprint density at radius 3 is 2.95 bits per heavy atom. The lowest BCUT2D eigenvalue weighted by Gasteiger charge is -2.24. The molecule has 2 unspecified atom stereocenters. The summed E-state index contributed by atoms with van der Waals surface area (Å²) in [5, 5.41) is 8.91. The summed E-state index contributed by atoms with van der Waals surface area (Å²) in [6, 6.07) is 7.34. The normalized spacial score (nSPS) is 19.3. The Kier molecular flexibility index (Phi) is 5.91. The van der Waals surface area contributed by atoms with Crippen LogP contribution in [-0.4, -0.2) is 37.6 Å². The van der Waals surface area contributed by atoms with Gasteiger partial charge in [-0.1, -0.05) is 12.1 Å². The van der Waals surface area contributed by atoms with Crippen LogP contribution in [0.25, 0.3) is 0 Å². The lowest BCUT2D eigenvalue weighted by molar-refractivity contribution is -0.125. The fraction of sp³-hybridized carbons (Fsp3) is 0.500. The van der Waals surface area contributed by atoms with Gasteiger partial charge in [-0.05, 0) is 24.6 Å². The van der Waals surface area contributed by atoms with Crippen LogP contribution in [-0.2, 0) is 14.3 Å². The lowest BCUT2D eigenvalue weighted by atomic mass is 10.1. The van der Waals surface area contributed by atoms with E-state index in [-0.39, 0.29) is 24.0 Å². The zero-order valence-electron chi connectivity index (χ0n) is 13.0. The second-order valence-corrected chi connectivity index (χ2v) is 5.50. The second-order valence-electron chi connectivity index (χ2n) is 5.50. The second kappa shape index (κ2) is 7.91. The van der Waals surface area contributed by atoms with Crippen LogP contribution in [0.4, 0.5) is 5.69 Å². The van der Waals surface area contributed by atoms with Crippen molar-refractivity contribution in [2.24, 2.45) is 0 Å². The Balaban J connectivity index is 1.89. The van der Waals surface area contributed by atoms with Gasteiger partial charge < -0.3 is 20.7 Å². The molecule has 3 N–H and O–H groups in total. The van der Waals surface area contributed by atoms with Gasteiger partial charge in [0.05, 0.1) is 25.2 Å². The van der Waals surface area contributed by atoms with E-state index in [0.29, 0.717) is 19.6 Å². The largest absolute Gasteiger partial charge is 0.375 e. The molecule has 0 radical (unpaired) electrons. The number of anilines is 1. The maximum Gasteiger partial charge on any atom is 0.223 e. The Bertz CT molecular complexity index is 527. The molecule has 1 aliphatic heterocycles. The molecule has 1 heterocycles. The molecular formula is C16H23N3O3. The van der Waals surface area contributed by atoms with Gasteiger partial charge in [0.2, 0.25) is 11.8 Å². The quantitative estimate of drug-likeness (QED) is 0.764. The van der Waals surface area contributed by atoms with Gasteiger partial charge in [0, 0.05) is 25.7 Å². The summed E-state index contributed by atoms with van der Waals surface area (Å²) >= 11 is 0. The standard InChI is InChI=1S/C16H23N3O3/c1-11(13-4-3-5-14(8-13)19-12(2)20)18-16(21)9-15-10-17-6-7-22-15/h3-5,8,11,15,17H,6-7,9-10H2,1-2H3,(H,18,21)(H,19,20).